The van der Waals surface area contributed by atoms with E-state index >= 15 is 0 Å². The van der Waals surface area contributed by atoms with Gasteiger partial charge >= 0.3 is 0 Å². The van der Waals surface area contributed by atoms with Crippen molar-refractivity contribution < 1.29 is 19.6 Å². The van der Waals surface area contributed by atoms with Gasteiger partial charge in [-0.25, -0.2) is 0 Å². The summed E-state index contributed by atoms with van der Waals surface area (Å²) in [6, 6.07) is 3.29. The average Bonchev–Trinajstić information content (AvgIpc) is 2.49. The van der Waals surface area contributed by atoms with E-state index in [2.05, 4.69) is 11.9 Å². The molecule has 0 atom stereocenters. The Labute approximate surface area is 135 Å². The van der Waals surface area contributed by atoms with Gasteiger partial charge in [-0.1, -0.05) is 18.2 Å². The normalized spacial score (nSPS) is 16.4. The van der Waals surface area contributed by atoms with Gasteiger partial charge in [0.25, 0.3) is 17.5 Å². The zero-order valence-electron chi connectivity index (χ0n) is 11.6. The molecule has 1 aromatic rings. The van der Waals surface area contributed by atoms with E-state index in [1.807, 2.05) is 0 Å². The fourth-order valence-electron chi connectivity index (χ4n) is 1.92. The summed E-state index contributed by atoms with van der Waals surface area (Å²) in [5, 5.41) is 24.5. The van der Waals surface area contributed by atoms with Crippen LogP contribution in [0, 0.1) is 10.1 Å². The number of nitro benzene ring substituents is 1. The van der Waals surface area contributed by atoms with Crippen molar-refractivity contribution in [2.75, 3.05) is 6.54 Å². The van der Waals surface area contributed by atoms with Gasteiger partial charge in [-0.3, -0.25) is 29.9 Å². The number of hydrogen-bond donors (Lipinski definition) is 1. The summed E-state index contributed by atoms with van der Waals surface area (Å²) in [5.74, 6) is -2.12. The number of thiocarbonyl (C=S) groups is 1. The van der Waals surface area contributed by atoms with Gasteiger partial charge < -0.3 is 5.11 Å². The highest BCUT2D eigenvalue weighted by atomic mass is 32.1. The van der Waals surface area contributed by atoms with Gasteiger partial charge in [0.15, 0.2) is 5.11 Å². The lowest BCUT2D eigenvalue weighted by molar-refractivity contribution is -0.398. The van der Waals surface area contributed by atoms with Crippen LogP contribution in [0.15, 0.2) is 36.4 Å². The van der Waals surface area contributed by atoms with Gasteiger partial charge in [0.2, 0.25) is 0 Å². The summed E-state index contributed by atoms with van der Waals surface area (Å²) in [6.45, 7) is 3.60. The first kappa shape index (κ1) is 16.3. The summed E-state index contributed by atoms with van der Waals surface area (Å²) in [7, 11) is 0. The van der Waals surface area contributed by atoms with Crippen LogP contribution in [0.2, 0.25) is 0 Å². The van der Waals surface area contributed by atoms with Gasteiger partial charge in [0.05, 0.1) is 4.92 Å². The maximum atomic E-state index is 12.3. The molecule has 1 heterocycles. The Hall–Kier alpha value is -3.07. The van der Waals surface area contributed by atoms with Crippen molar-refractivity contribution in [3.63, 3.8) is 0 Å². The summed E-state index contributed by atoms with van der Waals surface area (Å²) < 4.78 is 0. The van der Waals surface area contributed by atoms with E-state index in [0.717, 1.165) is 17.0 Å². The topological polar surface area (TPSA) is 116 Å². The van der Waals surface area contributed by atoms with Gasteiger partial charge in [0.1, 0.15) is 5.57 Å². The van der Waals surface area contributed by atoms with Crippen LogP contribution in [0.5, 0.6) is 5.75 Å². The van der Waals surface area contributed by atoms with Crippen LogP contribution in [0.3, 0.4) is 0 Å². The zero-order chi connectivity index (χ0) is 17.1. The highest BCUT2D eigenvalue weighted by Crippen LogP contribution is 2.25. The number of benzene rings is 1. The molecular weight excluding hydrogens is 322 g/mol. The van der Waals surface area contributed by atoms with Crippen LogP contribution in [0.1, 0.15) is 5.56 Å². The van der Waals surface area contributed by atoms with Crippen molar-refractivity contribution in [1.82, 2.24) is 10.2 Å². The van der Waals surface area contributed by atoms with Crippen LogP contribution in [0.4, 0.5) is 5.69 Å². The number of amides is 2. The van der Waals surface area contributed by atoms with E-state index in [1.165, 1.54) is 18.2 Å². The summed E-state index contributed by atoms with van der Waals surface area (Å²) in [5.41, 5.74) is -0.698. The van der Waals surface area contributed by atoms with Crippen LogP contribution < -0.4 is 10.4 Å². The predicted molar refractivity (Wildman–Crippen MR) is 83.2 cm³/mol. The highest BCUT2D eigenvalue weighted by Gasteiger charge is 2.32. The Balaban J connectivity index is 2.44. The molecule has 2 rings (SSSR count). The predicted octanol–water partition coefficient (Wildman–Crippen LogP) is 0.481. The molecule has 0 bridgehead atoms. The van der Waals surface area contributed by atoms with Gasteiger partial charge in [-0.05, 0) is 29.6 Å². The maximum Gasteiger partial charge on any atom is 0.265 e. The Morgan fingerprint density at radius 2 is 2.09 bits per heavy atom. The Bertz CT molecular complexity index is 772. The fraction of sp³-hybridized carbons (Fsp3) is 0.0714. The first-order chi connectivity index (χ1) is 10.8. The van der Waals surface area contributed by atoms with Crippen molar-refractivity contribution in [2.45, 2.75) is 0 Å². The number of hydrogen-bond acceptors (Lipinski definition) is 6. The molecule has 1 aliphatic rings. The third-order valence-electron chi connectivity index (χ3n) is 2.99. The SMILES string of the molecule is C=CCN1C(=O)/C(=C\c2ccc([O-])c([N+](=O)[O-])c2)C(=O)NC1=S. The van der Waals surface area contributed by atoms with Crippen molar-refractivity contribution in [3.05, 3.63) is 52.1 Å². The molecule has 1 fully saturated rings. The lowest BCUT2D eigenvalue weighted by Gasteiger charge is -2.27. The molecule has 9 heteroatoms. The third-order valence-corrected chi connectivity index (χ3v) is 3.31. The minimum atomic E-state index is -0.827. The molecule has 1 aromatic carbocycles. The number of nitrogens with zero attached hydrogens (tertiary/aromatic N) is 2. The van der Waals surface area contributed by atoms with Crippen molar-refractivity contribution in [1.29, 1.82) is 0 Å². The standard InChI is InChI=1S/C14H11N3O5S/c1-2-5-16-13(20)9(12(19)15-14(16)23)6-8-3-4-11(18)10(7-8)17(21)22/h2-4,6-7,18H,1,5H2,(H,15,19,23)/p-1/b9-6-. The second-order valence-corrected chi connectivity index (χ2v) is 4.89. The largest absolute Gasteiger partial charge is 0.868 e. The monoisotopic (exact) mass is 332 g/mol. The summed E-state index contributed by atoms with van der Waals surface area (Å²) in [6.07, 6.45) is 2.61. The van der Waals surface area contributed by atoms with E-state index in [0.29, 0.717) is 0 Å². The van der Waals surface area contributed by atoms with Crippen LogP contribution in [-0.4, -0.2) is 33.3 Å². The van der Waals surface area contributed by atoms with E-state index in [-0.39, 0.29) is 22.8 Å². The number of carbonyl (C=O) groups is 2. The molecule has 118 valence electrons. The second-order valence-electron chi connectivity index (χ2n) is 4.51. The van der Waals surface area contributed by atoms with Gasteiger partial charge in [-0.15, -0.1) is 6.58 Å². The molecule has 2 amide bonds. The Morgan fingerprint density at radius 3 is 2.70 bits per heavy atom. The second kappa shape index (κ2) is 6.36. The maximum absolute atomic E-state index is 12.3. The Kier molecular flexibility index (Phi) is 4.51. The molecule has 1 saturated heterocycles. The van der Waals surface area contributed by atoms with E-state index in [4.69, 9.17) is 12.2 Å². The van der Waals surface area contributed by atoms with E-state index in [1.54, 1.807) is 0 Å². The molecule has 1 aliphatic heterocycles. The third kappa shape index (κ3) is 3.24. The van der Waals surface area contributed by atoms with Crippen LogP contribution in [0.25, 0.3) is 6.08 Å². The summed E-state index contributed by atoms with van der Waals surface area (Å²) >= 11 is 4.90. The van der Waals surface area contributed by atoms with Gasteiger partial charge in [-0.2, -0.15) is 0 Å². The molecule has 23 heavy (non-hydrogen) atoms. The molecule has 0 spiro atoms. The van der Waals surface area contributed by atoms with E-state index in [9.17, 15) is 24.8 Å². The molecular formula is C14H10N3O5S-. The van der Waals surface area contributed by atoms with Crippen molar-refractivity contribution in [3.8, 4) is 5.75 Å². The lowest BCUT2D eigenvalue weighted by Crippen LogP contribution is -2.53. The molecule has 0 unspecified atom stereocenters. The number of nitro groups is 1. The fourth-order valence-corrected chi connectivity index (χ4v) is 2.17. The lowest BCUT2D eigenvalue weighted by atomic mass is 10.1. The number of carbonyl (C=O) groups excluding carboxylic acids is 2. The molecule has 8 nitrogen and oxygen atoms in total. The Morgan fingerprint density at radius 1 is 1.39 bits per heavy atom. The molecule has 1 N–H and O–H groups in total. The molecule has 0 radical (unpaired) electrons. The first-order valence-corrected chi connectivity index (χ1v) is 6.71. The van der Waals surface area contributed by atoms with Gasteiger partial charge in [0, 0.05) is 12.6 Å². The van der Waals surface area contributed by atoms with E-state index < -0.39 is 28.2 Å². The molecule has 0 aromatic heterocycles. The van der Waals surface area contributed by atoms with Crippen LogP contribution >= 0.6 is 12.2 Å². The minimum Gasteiger partial charge on any atom is -0.868 e. The first-order valence-electron chi connectivity index (χ1n) is 6.30. The minimum absolute atomic E-state index is 0.0436. The van der Waals surface area contributed by atoms with Crippen molar-refractivity contribution in [2.24, 2.45) is 0 Å². The number of rotatable bonds is 4. The number of nitrogens with one attached hydrogen (secondary N) is 1. The average molecular weight is 332 g/mol. The zero-order valence-corrected chi connectivity index (χ0v) is 12.5. The van der Waals surface area contributed by atoms with Crippen molar-refractivity contribution >= 4 is 40.9 Å². The molecule has 0 aliphatic carbocycles. The summed E-state index contributed by atoms with van der Waals surface area (Å²) in [4.78, 5) is 35.3. The highest BCUT2D eigenvalue weighted by molar-refractivity contribution is 7.80. The smallest absolute Gasteiger partial charge is 0.265 e. The quantitative estimate of drug-likeness (QED) is 0.214. The molecule has 0 saturated carbocycles. The van der Waals surface area contributed by atoms with Crippen LogP contribution in [-0.2, 0) is 9.59 Å².